The molecule has 1 N–H and O–H groups in total. The molecule has 0 bridgehead atoms. The molecule has 0 radical (unpaired) electrons. The molecule has 2 rings (SSSR count). The summed E-state index contributed by atoms with van der Waals surface area (Å²) in [5, 5.41) is 10.9. The highest BCUT2D eigenvalue weighted by Gasteiger charge is 2.29. The van der Waals surface area contributed by atoms with Gasteiger partial charge in [0.25, 0.3) is 0 Å². The van der Waals surface area contributed by atoms with Crippen LogP contribution in [0.2, 0.25) is 0 Å². The Kier molecular flexibility index (Phi) is 4.47. The standard InChI is InChI=1S/C14H16F2N2O2S/c1-21(19,20)11-4-2-3-10(7-11)18-14-12(15)5-9(8-17)6-13(14)16/h5-6,10-11,18H,2-4,7H2,1H3. The van der Waals surface area contributed by atoms with Crippen LogP contribution in [-0.2, 0) is 9.84 Å². The first-order valence-corrected chi connectivity index (χ1v) is 8.61. The minimum absolute atomic E-state index is 0.0896. The van der Waals surface area contributed by atoms with Gasteiger partial charge in [-0.25, -0.2) is 17.2 Å². The molecule has 1 aliphatic rings. The molecule has 21 heavy (non-hydrogen) atoms. The Labute approximate surface area is 122 Å². The van der Waals surface area contributed by atoms with Crippen molar-refractivity contribution in [3.63, 3.8) is 0 Å². The number of benzene rings is 1. The van der Waals surface area contributed by atoms with Gasteiger partial charge in [0.15, 0.2) is 11.6 Å². The van der Waals surface area contributed by atoms with E-state index < -0.39 is 26.7 Å². The zero-order valence-electron chi connectivity index (χ0n) is 11.6. The molecule has 2 unspecified atom stereocenters. The lowest BCUT2D eigenvalue weighted by molar-refractivity contribution is 0.449. The number of halogens is 2. The van der Waals surface area contributed by atoms with Crippen molar-refractivity contribution in [3.05, 3.63) is 29.3 Å². The van der Waals surface area contributed by atoms with Crippen molar-refractivity contribution >= 4 is 15.5 Å². The predicted molar refractivity (Wildman–Crippen MR) is 75.6 cm³/mol. The Bertz CT molecular complexity index is 660. The van der Waals surface area contributed by atoms with Gasteiger partial charge < -0.3 is 5.32 Å². The largest absolute Gasteiger partial charge is 0.378 e. The zero-order valence-corrected chi connectivity index (χ0v) is 12.4. The number of nitriles is 1. The maximum atomic E-state index is 13.8. The van der Waals surface area contributed by atoms with Crippen LogP contribution in [0.15, 0.2) is 12.1 Å². The first-order valence-electron chi connectivity index (χ1n) is 6.66. The fourth-order valence-corrected chi connectivity index (χ4v) is 3.82. The zero-order chi connectivity index (χ0) is 15.6. The molecular weight excluding hydrogens is 298 g/mol. The van der Waals surface area contributed by atoms with Crippen LogP contribution < -0.4 is 5.32 Å². The maximum absolute atomic E-state index is 13.8. The van der Waals surface area contributed by atoms with Crippen LogP contribution in [0.4, 0.5) is 14.5 Å². The summed E-state index contributed by atoms with van der Waals surface area (Å²) < 4.78 is 50.8. The van der Waals surface area contributed by atoms with Gasteiger partial charge in [-0.3, -0.25) is 0 Å². The maximum Gasteiger partial charge on any atom is 0.150 e. The van der Waals surface area contributed by atoms with Gasteiger partial charge in [0, 0.05) is 12.3 Å². The molecule has 1 aromatic rings. The van der Waals surface area contributed by atoms with Gasteiger partial charge in [-0.1, -0.05) is 6.42 Å². The van der Waals surface area contributed by atoms with Crippen molar-refractivity contribution in [2.45, 2.75) is 37.0 Å². The molecule has 0 amide bonds. The quantitative estimate of drug-likeness (QED) is 0.931. The van der Waals surface area contributed by atoms with Crippen LogP contribution in [0.3, 0.4) is 0 Å². The average Bonchev–Trinajstić information content (AvgIpc) is 2.42. The van der Waals surface area contributed by atoms with E-state index in [0.29, 0.717) is 25.7 Å². The lowest BCUT2D eigenvalue weighted by atomic mass is 9.94. The molecule has 1 aromatic carbocycles. The molecule has 0 aliphatic heterocycles. The number of hydrogen-bond donors (Lipinski definition) is 1. The van der Waals surface area contributed by atoms with E-state index in [0.717, 1.165) is 12.1 Å². The van der Waals surface area contributed by atoms with E-state index in [9.17, 15) is 17.2 Å². The molecule has 1 fully saturated rings. The number of rotatable bonds is 3. The molecule has 0 heterocycles. The average molecular weight is 314 g/mol. The van der Waals surface area contributed by atoms with Crippen LogP contribution in [0.5, 0.6) is 0 Å². The summed E-state index contributed by atoms with van der Waals surface area (Å²) in [5.74, 6) is -1.68. The monoisotopic (exact) mass is 314 g/mol. The molecular formula is C14H16F2N2O2S. The second-order valence-corrected chi connectivity index (χ2v) is 7.71. The van der Waals surface area contributed by atoms with Crippen molar-refractivity contribution in [2.75, 3.05) is 11.6 Å². The molecule has 7 heteroatoms. The van der Waals surface area contributed by atoms with Crippen molar-refractivity contribution in [1.29, 1.82) is 5.26 Å². The van der Waals surface area contributed by atoms with Crippen molar-refractivity contribution in [3.8, 4) is 6.07 Å². The third-order valence-electron chi connectivity index (χ3n) is 3.75. The molecule has 2 atom stereocenters. The van der Waals surface area contributed by atoms with E-state index >= 15 is 0 Å². The van der Waals surface area contributed by atoms with Crippen molar-refractivity contribution in [2.24, 2.45) is 0 Å². The van der Waals surface area contributed by atoms with Gasteiger partial charge in [-0.05, 0) is 31.4 Å². The summed E-state index contributed by atoms with van der Waals surface area (Å²) >= 11 is 0. The van der Waals surface area contributed by atoms with E-state index in [1.807, 2.05) is 0 Å². The first-order chi connectivity index (χ1) is 9.81. The third kappa shape index (κ3) is 3.70. The molecule has 1 aliphatic carbocycles. The van der Waals surface area contributed by atoms with E-state index in [2.05, 4.69) is 5.32 Å². The van der Waals surface area contributed by atoms with Gasteiger partial charge in [-0.15, -0.1) is 0 Å². The first kappa shape index (κ1) is 15.7. The second kappa shape index (κ2) is 5.98. The molecule has 0 spiro atoms. The Morgan fingerprint density at radius 3 is 2.43 bits per heavy atom. The van der Waals surface area contributed by atoms with Gasteiger partial charge in [0.2, 0.25) is 0 Å². The molecule has 0 aromatic heterocycles. The van der Waals surface area contributed by atoms with Crippen LogP contribution >= 0.6 is 0 Å². The van der Waals surface area contributed by atoms with E-state index in [1.54, 1.807) is 6.07 Å². The Morgan fingerprint density at radius 1 is 1.29 bits per heavy atom. The van der Waals surface area contributed by atoms with Crippen LogP contribution in [0, 0.1) is 23.0 Å². The SMILES string of the molecule is CS(=O)(=O)C1CCCC(Nc2c(F)cc(C#N)cc2F)C1. The second-order valence-electron chi connectivity index (χ2n) is 5.39. The van der Waals surface area contributed by atoms with Gasteiger partial charge in [0.1, 0.15) is 15.5 Å². The van der Waals surface area contributed by atoms with Crippen molar-refractivity contribution in [1.82, 2.24) is 0 Å². The molecule has 0 saturated heterocycles. The highest BCUT2D eigenvalue weighted by Crippen LogP contribution is 2.28. The van der Waals surface area contributed by atoms with Gasteiger partial charge >= 0.3 is 0 Å². The van der Waals surface area contributed by atoms with E-state index in [1.165, 1.54) is 6.26 Å². The summed E-state index contributed by atoms with van der Waals surface area (Å²) in [6, 6.07) is 3.30. The highest BCUT2D eigenvalue weighted by atomic mass is 32.2. The molecule has 4 nitrogen and oxygen atoms in total. The Balaban J connectivity index is 2.17. The normalized spacial score (nSPS) is 22.6. The fourth-order valence-electron chi connectivity index (χ4n) is 2.64. The minimum atomic E-state index is -3.15. The van der Waals surface area contributed by atoms with Gasteiger partial charge in [0.05, 0.1) is 16.9 Å². The summed E-state index contributed by atoms with van der Waals surface area (Å²) in [6.45, 7) is 0. The van der Waals surface area contributed by atoms with Crippen molar-refractivity contribution < 1.29 is 17.2 Å². The Hall–Kier alpha value is -1.68. The summed E-state index contributed by atoms with van der Waals surface area (Å²) in [5.41, 5.74) is -0.388. The number of hydrogen-bond acceptors (Lipinski definition) is 4. The van der Waals surface area contributed by atoms with E-state index in [4.69, 9.17) is 5.26 Å². The third-order valence-corrected chi connectivity index (χ3v) is 5.39. The fraction of sp³-hybridized carbons (Fsp3) is 0.500. The molecule has 114 valence electrons. The van der Waals surface area contributed by atoms with Gasteiger partial charge in [-0.2, -0.15) is 5.26 Å². The minimum Gasteiger partial charge on any atom is -0.378 e. The smallest absolute Gasteiger partial charge is 0.150 e. The Morgan fingerprint density at radius 2 is 1.90 bits per heavy atom. The summed E-state index contributed by atoms with van der Waals surface area (Å²) in [6.07, 6.45) is 3.44. The van der Waals surface area contributed by atoms with Crippen LogP contribution in [0.25, 0.3) is 0 Å². The predicted octanol–water partition coefficient (Wildman–Crippen LogP) is 2.60. The topological polar surface area (TPSA) is 70.0 Å². The lowest BCUT2D eigenvalue weighted by Crippen LogP contribution is -2.34. The highest BCUT2D eigenvalue weighted by molar-refractivity contribution is 7.91. The summed E-state index contributed by atoms with van der Waals surface area (Å²) in [7, 11) is -3.15. The number of nitrogens with zero attached hydrogens (tertiary/aromatic N) is 1. The van der Waals surface area contributed by atoms with Crippen LogP contribution in [-0.4, -0.2) is 26.0 Å². The lowest BCUT2D eigenvalue weighted by Gasteiger charge is -2.29. The van der Waals surface area contributed by atoms with Crippen LogP contribution in [0.1, 0.15) is 31.2 Å². The molecule has 1 saturated carbocycles. The number of nitrogens with one attached hydrogen (secondary N) is 1. The summed E-state index contributed by atoms with van der Waals surface area (Å²) in [4.78, 5) is 0. The number of anilines is 1. The van der Waals surface area contributed by atoms with E-state index in [-0.39, 0.29) is 17.3 Å². The number of sulfone groups is 1.